The van der Waals surface area contributed by atoms with E-state index in [4.69, 9.17) is 5.11 Å². The zero-order valence-electron chi connectivity index (χ0n) is 10.8. The van der Waals surface area contributed by atoms with Gasteiger partial charge in [-0.15, -0.1) is 5.10 Å². The highest BCUT2D eigenvalue weighted by Gasteiger charge is 2.40. The molecule has 0 bridgehead atoms. The molecule has 1 aliphatic rings. The lowest BCUT2D eigenvalue weighted by Crippen LogP contribution is -2.50. The molecule has 8 heteroatoms. The van der Waals surface area contributed by atoms with Crippen LogP contribution in [-0.4, -0.2) is 31.0 Å². The topological polar surface area (TPSA) is 106 Å². The standard InChI is InChI=1S/C11H16N4O4/c1-14-9(18)8(13-15(2)10(14)19)12-11(4-3-5-11)6-7(16)17/h3-6H2,1-2H3,(H,12,13)(H,16,17). The van der Waals surface area contributed by atoms with E-state index in [1.807, 2.05) is 0 Å². The number of anilines is 1. The van der Waals surface area contributed by atoms with Crippen molar-refractivity contribution in [2.45, 2.75) is 31.2 Å². The molecule has 2 rings (SSSR count). The van der Waals surface area contributed by atoms with Gasteiger partial charge in [-0.25, -0.2) is 9.48 Å². The minimum absolute atomic E-state index is 0.0190. The van der Waals surface area contributed by atoms with Crippen LogP contribution in [0.15, 0.2) is 9.59 Å². The Kier molecular flexibility index (Phi) is 3.17. The molecule has 1 saturated carbocycles. The van der Waals surface area contributed by atoms with E-state index in [-0.39, 0.29) is 12.2 Å². The Morgan fingerprint density at radius 2 is 2.05 bits per heavy atom. The third-order valence-corrected chi connectivity index (χ3v) is 3.50. The molecule has 0 aliphatic heterocycles. The molecule has 1 fully saturated rings. The Bertz CT molecular complexity index is 627. The van der Waals surface area contributed by atoms with Gasteiger partial charge in [0.05, 0.1) is 6.42 Å². The first-order chi connectivity index (χ1) is 8.84. The van der Waals surface area contributed by atoms with Gasteiger partial charge >= 0.3 is 11.7 Å². The minimum Gasteiger partial charge on any atom is -0.481 e. The van der Waals surface area contributed by atoms with E-state index in [1.165, 1.54) is 14.1 Å². The van der Waals surface area contributed by atoms with Crippen LogP contribution in [0, 0.1) is 0 Å². The monoisotopic (exact) mass is 268 g/mol. The fourth-order valence-electron chi connectivity index (χ4n) is 2.27. The van der Waals surface area contributed by atoms with Gasteiger partial charge in [0.25, 0.3) is 5.56 Å². The number of nitrogens with zero attached hydrogens (tertiary/aromatic N) is 3. The van der Waals surface area contributed by atoms with Crippen LogP contribution in [0.1, 0.15) is 25.7 Å². The fourth-order valence-corrected chi connectivity index (χ4v) is 2.27. The van der Waals surface area contributed by atoms with Crippen LogP contribution in [0.5, 0.6) is 0 Å². The van der Waals surface area contributed by atoms with Gasteiger partial charge in [0, 0.05) is 19.6 Å². The van der Waals surface area contributed by atoms with Crippen molar-refractivity contribution in [3.8, 4) is 0 Å². The number of rotatable bonds is 4. The summed E-state index contributed by atoms with van der Waals surface area (Å²) in [6.45, 7) is 0. The number of hydrogen-bond acceptors (Lipinski definition) is 5. The number of aliphatic carboxylic acids is 1. The minimum atomic E-state index is -0.922. The zero-order valence-corrected chi connectivity index (χ0v) is 10.8. The average Bonchev–Trinajstić information content (AvgIpc) is 2.29. The molecule has 0 aromatic carbocycles. The number of nitrogens with one attached hydrogen (secondary N) is 1. The van der Waals surface area contributed by atoms with Crippen LogP contribution >= 0.6 is 0 Å². The number of hydrogen-bond donors (Lipinski definition) is 2. The molecule has 0 atom stereocenters. The highest BCUT2D eigenvalue weighted by atomic mass is 16.4. The first kappa shape index (κ1) is 13.3. The van der Waals surface area contributed by atoms with Gasteiger partial charge in [-0.3, -0.25) is 14.2 Å². The van der Waals surface area contributed by atoms with E-state index in [2.05, 4.69) is 10.4 Å². The molecule has 1 heterocycles. The molecule has 104 valence electrons. The fraction of sp³-hybridized carbons (Fsp3) is 0.636. The molecule has 1 aromatic heterocycles. The van der Waals surface area contributed by atoms with Crippen molar-refractivity contribution in [2.24, 2.45) is 14.1 Å². The SMILES string of the molecule is Cn1nc(NC2(CC(=O)O)CCC2)c(=O)n(C)c1=O. The Labute approximate surface area is 108 Å². The first-order valence-electron chi connectivity index (χ1n) is 5.99. The van der Waals surface area contributed by atoms with Crippen molar-refractivity contribution >= 4 is 11.8 Å². The Balaban J connectivity index is 2.36. The lowest BCUT2D eigenvalue weighted by atomic mass is 9.74. The summed E-state index contributed by atoms with van der Waals surface area (Å²) in [7, 11) is 2.81. The highest BCUT2D eigenvalue weighted by molar-refractivity contribution is 5.69. The first-order valence-corrected chi connectivity index (χ1v) is 5.99. The van der Waals surface area contributed by atoms with Crippen molar-refractivity contribution in [3.63, 3.8) is 0 Å². The zero-order chi connectivity index (χ0) is 14.2. The quantitative estimate of drug-likeness (QED) is 0.747. The lowest BCUT2D eigenvalue weighted by molar-refractivity contribution is -0.138. The van der Waals surface area contributed by atoms with Crippen LogP contribution in [0.2, 0.25) is 0 Å². The molecule has 0 radical (unpaired) electrons. The molecule has 1 aliphatic carbocycles. The maximum Gasteiger partial charge on any atom is 0.346 e. The molecule has 19 heavy (non-hydrogen) atoms. The van der Waals surface area contributed by atoms with Gasteiger partial charge < -0.3 is 10.4 Å². The molecule has 2 N–H and O–H groups in total. The summed E-state index contributed by atoms with van der Waals surface area (Å²) in [5.41, 5.74) is -1.68. The van der Waals surface area contributed by atoms with Crippen LogP contribution < -0.4 is 16.6 Å². The van der Waals surface area contributed by atoms with Crippen LogP contribution in [0.25, 0.3) is 0 Å². The van der Waals surface area contributed by atoms with Crippen LogP contribution in [0.4, 0.5) is 5.82 Å². The number of carboxylic acids is 1. The second-order valence-corrected chi connectivity index (χ2v) is 4.95. The van der Waals surface area contributed by atoms with Crippen molar-refractivity contribution in [3.05, 3.63) is 20.8 Å². The Morgan fingerprint density at radius 1 is 1.42 bits per heavy atom. The lowest BCUT2D eigenvalue weighted by Gasteiger charge is -2.41. The summed E-state index contributed by atoms with van der Waals surface area (Å²) in [6.07, 6.45) is 2.19. The largest absolute Gasteiger partial charge is 0.481 e. The molecule has 1 aromatic rings. The normalized spacial score (nSPS) is 16.7. The second kappa shape index (κ2) is 4.52. The van der Waals surface area contributed by atoms with Gasteiger partial charge in [0.1, 0.15) is 0 Å². The number of carbonyl (C=O) groups is 1. The molecule has 0 amide bonds. The highest BCUT2D eigenvalue weighted by Crippen LogP contribution is 2.37. The summed E-state index contributed by atoms with van der Waals surface area (Å²) in [6, 6.07) is 0. The molecular weight excluding hydrogens is 252 g/mol. The summed E-state index contributed by atoms with van der Waals surface area (Å²) >= 11 is 0. The van der Waals surface area contributed by atoms with Crippen molar-refractivity contribution in [2.75, 3.05) is 5.32 Å². The molecule has 0 saturated heterocycles. The summed E-state index contributed by atoms with van der Waals surface area (Å²) in [5.74, 6) is -0.903. The maximum atomic E-state index is 11.9. The molecular formula is C11H16N4O4. The second-order valence-electron chi connectivity index (χ2n) is 4.95. The summed E-state index contributed by atoms with van der Waals surface area (Å²) in [5, 5.41) is 15.7. The predicted molar refractivity (Wildman–Crippen MR) is 67.2 cm³/mol. The van der Waals surface area contributed by atoms with E-state index >= 15 is 0 Å². The third-order valence-electron chi connectivity index (χ3n) is 3.50. The number of aryl methyl sites for hydroxylation is 1. The van der Waals surface area contributed by atoms with Crippen molar-refractivity contribution < 1.29 is 9.90 Å². The number of carboxylic acid groups (broad SMARTS) is 1. The van der Waals surface area contributed by atoms with E-state index in [9.17, 15) is 14.4 Å². The summed E-state index contributed by atoms with van der Waals surface area (Å²) < 4.78 is 2.00. The van der Waals surface area contributed by atoms with Gasteiger partial charge in [0.2, 0.25) is 5.82 Å². The van der Waals surface area contributed by atoms with E-state index in [1.54, 1.807) is 0 Å². The Morgan fingerprint density at radius 3 is 2.53 bits per heavy atom. The van der Waals surface area contributed by atoms with Crippen molar-refractivity contribution in [1.29, 1.82) is 0 Å². The van der Waals surface area contributed by atoms with Crippen molar-refractivity contribution in [1.82, 2.24) is 14.3 Å². The van der Waals surface area contributed by atoms with E-state index in [0.717, 1.165) is 15.7 Å². The smallest absolute Gasteiger partial charge is 0.346 e. The molecule has 0 unspecified atom stereocenters. The maximum absolute atomic E-state index is 11.9. The summed E-state index contributed by atoms with van der Waals surface area (Å²) in [4.78, 5) is 34.3. The predicted octanol–water partition coefficient (Wildman–Crippen LogP) is -0.712. The Hall–Kier alpha value is -2.12. The number of aromatic nitrogens is 3. The van der Waals surface area contributed by atoms with Gasteiger partial charge in [0.15, 0.2) is 0 Å². The molecule has 8 nitrogen and oxygen atoms in total. The van der Waals surface area contributed by atoms with Gasteiger partial charge in [-0.1, -0.05) is 0 Å². The average molecular weight is 268 g/mol. The third kappa shape index (κ3) is 2.38. The van der Waals surface area contributed by atoms with Gasteiger partial charge in [-0.05, 0) is 19.3 Å². The van der Waals surface area contributed by atoms with Gasteiger partial charge in [-0.2, -0.15) is 0 Å². The van der Waals surface area contributed by atoms with Crippen LogP contribution in [0.3, 0.4) is 0 Å². The van der Waals surface area contributed by atoms with Crippen LogP contribution in [-0.2, 0) is 18.9 Å². The van der Waals surface area contributed by atoms with E-state index < -0.39 is 22.8 Å². The van der Waals surface area contributed by atoms with E-state index in [0.29, 0.717) is 12.8 Å². The molecule has 0 spiro atoms.